The molecule has 0 saturated carbocycles. The van der Waals surface area contributed by atoms with Crippen LogP contribution in [0.15, 0.2) is 42.5 Å². The number of alkyl halides is 1. The molecule has 0 aromatic heterocycles. The van der Waals surface area contributed by atoms with Crippen LogP contribution in [0.5, 0.6) is 11.5 Å². The molecule has 4 heteroatoms. The van der Waals surface area contributed by atoms with E-state index in [0.29, 0.717) is 6.61 Å². The fourth-order valence-corrected chi connectivity index (χ4v) is 2.29. The average molecular weight is 342 g/mol. The van der Waals surface area contributed by atoms with Crippen molar-refractivity contribution in [3.8, 4) is 11.5 Å². The van der Waals surface area contributed by atoms with Crippen molar-refractivity contribution < 1.29 is 9.47 Å². The third kappa shape index (κ3) is 3.64. The Labute approximate surface area is 126 Å². The van der Waals surface area contributed by atoms with Gasteiger partial charge < -0.3 is 9.47 Å². The molecule has 0 aliphatic carbocycles. The summed E-state index contributed by atoms with van der Waals surface area (Å²) >= 11 is 9.31. The summed E-state index contributed by atoms with van der Waals surface area (Å²) in [6.07, 6.45) is 0. The average Bonchev–Trinajstić information content (AvgIpc) is 2.46. The van der Waals surface area contributed by atoms with Crippen molar-refractivity contribution in [2.75, 3.05) is 7.11 Å². The van der Waals surface area contributed by atoms with E-state index < -0.39 is 0 Å². The Bertz CT molecular complexity index is 518. The molecule has 0 spiro atoms. The second-order valence-electron chi connectivity index (χ2n) is 4.00. The molecule has 0 N–H and O–H groups in total. The van der Waals surface area contributed by atoms with Gasteiger partial charge in [-0.1, -0.05) is 51.8 Å². The van der Waals surface area contributed by atoms with Crippen LogP contribution in [0.2, 0.25) is 5.02 Å². The van der Waals surface area contributed by atoms with E-state index in [-0.39, 0.29) is 0 Å². The SMILES string of the molecule is COc1cccc(CBr)c1OCc1ccc(Cl)cc1. The van der Waals surface area contributed by atoms with E-state index >= 15 is 0 Å². The molecule has 100 valence electrons. The van der Waals surface area contributed by atoms with Gasteiger partial charge in [0.25, 0.3) is 0 Å². The molecule has 2 nitrogen and oxygen atoms in total. The Morgan fingerprint density at radius 2 is 1.84 bits per heavy atom. The van der Waals surface area contributed by atoms with Crippen LogP contribution in [-0.2, 0) is 11.9 Å². The first kappa shape index (κ1) is 14.2. The maximum Gasteiger partial charge on any atom is 0.165 e. The van der Waals surface area contributed by atoms with Gasteiger partial charge in [0, 0.05) is 15.9 Å². The number of rotatable bonds is 5. The largest absolute Gasteiger partial charge is 0.493 e. The minimum Gasteiger partial charge on any atom is -0.493 e. The minimum absolute atomic E-state index is 0.484. The summed E-state index contributed by atoms with van der Waals surface area (Å²) < 4.78 is 11.2. The summed E-state index contributed by atoms with van der Waals surface area (Å²) in [5.41, 5.74) is 2.13. The molecule has 19 heavy (non-hydrogen) atoms. The third-order valence-electron chi connectivity index (χ3n) is 2.72. The van der Waals surface area contributed by atoms with Crippen LogP contribution in [-0.4, -0.2) is 7.11 Å². The molecule has 0 aliphatic rings. The zero-order valence-electron chi connectivity index (χ0n) is 10.5. The lowest BCUT2D eigenvalue weighted by molar-refractivity contribution is 0.282. The fourth-order valence-electron chi connectivity index (χ4n) is 1.73. The maximum absolute atomic E-state index is 5.88. The van der Waals surface area contributed by atoms with Crippen molar-refractivity contribution in [1.82, 2.24) is 0 Å². The van der Waals surface area contributed by atoms with Gasteiger partial charge in [0.15, 0.2) is 11.5 Å². The highest BCUT2D eigenvalue weighted by Crippen LogP contribution is 2.33. The van der Waals surface area contributed by atoms with Gasteiger partial charge in [-0.15, -0.1) is 0 Å². The first-order valence-corrected chi connectivity index (χ1v) is 7.33. The lowest BCUT2D eigenvalue weighted by atomic mass is 10.2. The van der Waals surface area contributed by atoms with E-state index in [1.54, 1.807) is 7.11 Å². The summed E-state index contributed by atoms with van der Waals surface area (Å²) in [5.74, 6) is 1.52. The second kappa shape index (κ2) is 6.83. The molecule has 0 atom stereocenters. The summed E-state index contributed by atoms with van der Waals surface area (Å²) in [7, 11) is 1.64. The number of halogens is 2. The molecule has 2 aromatic rings. The van der Waals surface area contributed by atoms with Crippen LogP contribution in [0.4, 0.5) is 0 Å². The number of para-hydroxylation sites is 1. The maximum atomic E-state index is 5.88. The van der Waals surface area contributed by atoms with E-state index in [1.807, 2.05) is 42.5 Å². The summed E-state index contributed by atoms with van der Waals surface area (Å²) in [6, 6.07) is 13.5. The number of methoxy groups -OCH3 is 1. The number of hydrogen-bond acceptors (Lipinski definition) is 2. The van der Waals surface area contributed by atoms with Gasteiger partial charge in [-0.05, 0) is 23.8 Å². The summed E-state index contributed by atoms with van der Waals surface area (Å²) in [4.78, 5) is 0. The van der Waals surface area contributed by atoms with Crippen LogP contribution in [0.3, 0.4) is 0 Å². The Balaban J connectivity index is 2.16. The lowest BCUT2D eigenvalue weighted by Gasteiger charge is -2.14. The minimum atomic E-state index is 0.484. The van der Waals surface area contributed by atoms with Gasteiger partial charge in [0.05, 0.1) is 7.11 Å². The smallest absolute Gasteiger partial charge is 0.165 e. The molecule has 0 radical (unpaired) electrons. The lowest BCUT2D eigenvalue weighted by Crippen LogP contribution is -2.00. The molecule has 0 heterocycles. The normalized spacial score (nSPS) is 10.3. The Morgan fingerprint density at radius 1 is 1.11 bits per heavy atom. The van der Waals surface area contributed by atoms with Crippen LogP contribution in [0.25, 0.3) is 0 Å². The number of hydrogen-bond donors (Lipinski definition) is 0. The first-order chi connectivity index (χ1) is 9.24. The van der Waals surface area contributed by atoms with Crippen molar-refractivity contribution in [3.63, 3.8) is 0 Å². The van der Waals surface area contributed by atoms with E-state index in [0.717, 1.165) is 33.0 Å². The van der Waals surface area contributed by atoms with Crippen molar-refractivity contribution in [1.29, 1.82) is 0 Å². The van der Waals surface area contributed by atoms with Crippen molar-refractivity contribution in [2.24, 2.45) is 0 Å². The predicted octanol–water partition coefficient (Wildman–Crippen LogP) is 4.82. The molecule has 0 bridgehead atoms. The summed E-state index contributed by atoms with van der Waals surface area (Å²) in [5, 5.41) is 1.45. The third-order valence-corrected chi connectivity index (χ3v) is 3.58. The standard InChI is InChI=1S/C15H14BrClO2/c1-18-14-4-2-3-12(9-16)15(14)19-10-11-5-7-13(17)8-6-11/h2-8H,9-10H2,1H3. The van der Waals surface area contributed by atoms with Crippen LogP contribution >= 0.6 is 27.5 Å². The molecule has 0 aliphatic heterocycles. The van der Waals surface area contributed by atoms with Gasteiger partial charge in [-0.25, -0.2) is 0 Å². The molecule has 0 amide bonds. The van der Waals surface area contributed by atoms with Crippen molar-refractivity contribution in [3.05, 3.63) is 58.6 Å². The quantitative estimate of drug-likeness (QED) is 0.726. The van der Waals surface area contributed by atoms with Gasteiger partial charge >= 0.3 is 0 Å². The van der Waals surface area contributed by atoms with Crippen molar-refractivity contribution >= 4 is 27.5 Å². The van der Waals surface area contributed by atoms with Gasteiger partial charge in [-0.2, -0.15) is 0 Å². The highest BCUT2D eigenvalue weighted by atomic mass is 79.9. The Hall–Kier alpha value is -1.19. The molecule has 0 fully saturated rings. The topological polar surface area (TPSA) is 18.5 Å². The molecular weight excluding hydrogens is 328 g/mol. The highest BCUT2D eigenvalue weighted by Gasteiger charge is 2.09. The monoisotopic (exact) mass is 340 g/mol. The Morgan fingerprint density at radius 3 is 2.47 bits per heavy atom. The predicted molar refractivity (Wildman–Crippen MR) is 81.4 cm³/mol. The highest BCUT2D eigenvalue weighted by molar-refractivity contribution is 9.08. The van der Waals surface area contributed by atoms with Gasteiger partial charge in [-0.3, -0.25) is 0 Å². The molecule has 2 rings (SSSR count). The van der Waals surface area contributed by atoms with Crippen molar-refractivity contribution in [2.45, 2.75) is 11.9 Å². The fraction of sp³-hybridized carbons (Fsp3) is 0.200. The van der Waals surface area contributed by atoms with E-state index in [2.05, 4.69) is 15.9 Å². The molecule has 2 aromatic carbocycles. The zero-order chi connectivity index (χ0) is 13.7. The van der Waals surface area contributed by atoms with Gasteiger partial charge in [0.1, 0.15) is 6.61 Å². The van der Waals surface area contributed by atoms with Gasteiger partial charge in [0.2, 0.25) is 0 Å². The van der Waals surface area contributed by atoms with Crippen LogP contribution in [0, 0.1) is 0 Å². The van der Waals surface area contributed by atoms with E-state index in [4.69, 9.17) is 21.1 Å². The molecular formula is C15H14BrClO2. The number of ether oxygens (including phenoxy) is 2. The molecule has 0 saturated heterocycles. The van der Waals surface area contributed by atoms with E-state index in [9.17, 15) is 0 Å². The van der Waals surface area contributed by atoms with Crippen LogP contribution in [0.1, 0.15) is 11.1 Å². The summed E-state index contributed by atoms with van der Waals surface area (Å²) in [6.45, 7) is 0.484. The molecule has 0 unspecified atom stereocenters. The Kier molecular flexibility index (Phi) is 5.11. The first-order valence-electron chi connectivity index (χ1n) is 5.83. The number of benzene rings is 2. The van der Waals surface area contributed by atoms with Crippen LogP contribution < -0.4 is 9.47 Å². The zero-order valence-corrected chi connectivity index (χ0v) is 12.9. The van der Waals surface area contributed by atoms with E-state index in [1.165, 1.54) is 0 Å². The second-order valence-corrected chi connectivity index (χ2v) is 4.99.